The molecular formula is C7H4F2N2O4. The Hall–Kier alpha value is -2.12. The number of hydrogen-bond donors (Lipinski definition) is 1. The van der Waals surface area contributed by atoms with Crippen molar-refractivity contribution in [3.8, 4) is 0 Å². The molecule has 0 unspecified atom stereocenters. The van der Waals surface area contributed by atoms with E-state index >= 15 is 0 Å². The van der Waals surface area contributed by atoms with Crippen molar-refractivity contribution in [3.63, 3.8) is 0 Å². The zero-order valence-electron chi connectivity index (χ0n) is 7.07. The van der Waals surface area contributed by atoms with Gasteiger partial charge in [0.15, 0.2) is 6.29 Å². The molecule has 6 nitrogen and oxygen atoms in total. The van der Waals surface area contributed by atoms with Gasteiger partial charge in [-0.15, -0.1) is 0 Å². The third kappa shape index (κ3) is 2.03. The van der Waals surface area contributed by atoms with Gasteiger partial charge in [-0.3, -0.25) is 4.79 Å². The monoisotopic (exact) mass is 218 g/mol. The molecule has 0 aliphatic carbocycles. The minimum Gasteiger partial charge on any atom is -0.358 e. The van der Waals surface area contributed by atoms with Gasteiger partial charge in [0.2, 0.25) is 0 Å². The lowest BCUT2D eigenvalue weighted by atomic mass is 10.1. The van der Waals surface area contributed by atoms with Crippen LogP contribution in [0.3, 0.4) is 0 Å². The molecule has 1 rings (SSSR count). The maximum Gasteiger partial charge on any atom is 0.341 e. The molecule has 1 aromatic heterocycles. The number of halogens is 2. The van der Waals surface area contributed by atoms with E-state index in [1.54, 1.807) is 4.98 Å². The number of aromatic nitrogens is 1. The average molecular weight is 218 g/mol. The SMILES string of the molecule is O=Cc1cc([N+](=O)[O-])[nH]c(=O)c1C(F)F. The quantitative estimate of drug-likeness (QED) is 0.465. The van der Waals surface area contributed by atoms with E-state index < -0.39 is 33.9 Å². The number of H-pyrrole nitrogens is 1. The van der Waals surface area contributed by atoms with Gasteiger partial charge < -0.3 is 10.1 Å². The molecule has 0 atom stereocenters. The predicted molar refractivity (Wildman–Crippen MR) is 44.1 cm³/mol. The Morgan fingerprint density at radius 1 is 1.53 bits per heavy atom. The molecule has 0 aliphatic rings. The van der Waals surface area contributed by atoms with Gasteiger partial charge in [0.05, 0.1) is 0 Å². The Kier molecular flexibility index (Phi) is 2.88. The van der Waals surface area contributed by atoms with Crippen molar-refractivity contribution >= 4 is 12.1 Å². The Morgan fingerprint density at radius 2 is 2.13 bits per heavy atom. The standard InChI is InChI=1S/C7H4F2N2O4/c8-6(9)5-3(2-12)1-4(11(14)15)10-7(5)13/h1-2,6H,(H,10,13). The average Bonchev–Trinajstić information content (AvgIpc) is 2.15. The maximum atomic E-state index is 12.3. The van der Waals surface area contributed by atoms with Gasteiger partial charge in [0.25, 0.3) is 6.43 Å². The van der Waals surface area contributed by atoms with Gasteiger partial charge in [-0.1, -0.05) is 0 Å². The number of alkyl halides is 2. The zero-order chi connectivity index (χ0) is 11.6. The van der Waals surface area contributed by atoms with Crippen molar-refractivity contribution < 1.29 is 18.5 Å². The number of carbonyl (C=O) groups is 1. The van der Waals surface area contributed by atoms with Crippen LogP contribution in [0.15, 0.2) is 10.9 Å². The van der Waals surface area contributed by atoms with E-state index in [0.717, 1.165) is 0 Å². The molecule has 0 bridgehead atoms. The van der Waals surface area contributed by atoms with Crippen LogP contribution in [-0.4, -0.2) is 16.2 Å². The van der Waals surface area contributed by atoms with Crippen LogP contribution >= 0.6 is 0 Å². The van der Waals surface area contributed by atoms with Crippen LogP contribution in [0.25, 0.3) is 0 Å². The molecule has 0 aliphatic heterocycles. The van der Waals surface area contributed by atoms with Crippen LogP contribution in [0.5, 0.6) is 0 Å². The third-order valence-corrected chi connectivity index (χ3v) is 1.63. The lowest BCUT2D eigenvalue weighted by Gasteiger charge is -2.00. The minimum atomic E-state index is -3.16. The van der Waals surface area contributed by atoms with E-state index in [1.807, 2.05) is 0 Å². The van der Waals surface area contributed by atoms with Gasteiger partial charge in [-0.05, 0) is 4.92 Å². The van der Waals surface area contributed by atoms with E-state index in [4.69, 9.17) is 0 Å². The summed E-state index contributed by atoms with van der Waals surface area (Å²) in [4.78, 5) is 32.2. The Morgan fingerprint density at radius 3 is 2.53 bits per heavy atom. The van der Waals surface area contributed by atoms with Crippen LogP contribution < -0.4 is 5.56 Å². The number of nitrogens with zero attached hydrogens (tertiary/aromatic N) is 1. The Balaban J connectivity index is 3.51. The van der Waals surface area contributed by atoms with Gasteiger partial charge in [-0.2, -0.15) is 0 Å². The summed E-state index contributed by atoms with van der Waals surface area (Å²) >= 11 is 0. The molecular weight excluding hydrogens is 214 g/mol. The van der Waals surface area contributed by atoms with E-state index in [9.17, 15) is 28.5 Å². The largest absolute Gasteiger partial charge is 0.358 e. The fourth-order valence-corrected chi connectivity index (χ4v) is 0.997. The normalized spacial score (nSPS) is 10.3. The molecule has 8 heteroatoms. The summed E-state index contributed by atoms with van der Waals surface area (Å²) in [6.07, 6.45) is -3.18. The molecule has 1 heterocycles. The van der Waals surface area contributed by atoms with Crippen molar-refractivity contribution in [1.82, 2.24) is 4.98 Å². The summed E-state index contributed by atoms with van der Waals surface area (Å²) < 4.78 is 24.5. The van der Waals surface area contributed by atoms with E-state index in [-0.39, 0.29) is 6.29 Å². The van der Waals surface area contributed by atoms with Crippen molar-refractivity contribution in [3.05, 3.63) is 37.7 Å². The second-order valence-corrected chi connectivity index (χ2v) is 2.53. The number of rotatable bonds is 3. The van der Waals surface area contributed by atoms with Crippen LogP contribution in [-0.2, 0) is 0 Å². The highest BCUT2D eigenvalue weighted by atomic mass is 19.3. The molecule has 0 radical (unpaired) electrons. The van der Waals surface area contributed by atoms with Crippen LogP contribution in [0.2, 0.25) is 0 Å². The molecule has 1 N–H and O–H groups in total. The lowest BCUT2D eigenvalue weighted by molar-refractivity contribution is -0.389. The van der Waals surface area contributed by atoms with Crippen molar-refractivity contribution in [2.45, 2.75) is 6.43 Å². The number of pyridine rings is 1. The molecule has 0 fully saturated rings. The first kappa shape index (κ1) is 11.0. The highest BCUT2D eigenvalue weighted by Gasteiger charge is 2.22. The predicted octanol–water partition coefficient (Wildman–Crippen LogP) is 1.03. The number of nitrogens with one attached hydrogen (secondary N) is 1. The molecule has 1 aromatic rings. The first-order valence-corrected chi connectivity index (χ1v) is 3.62. The Bertz CT molecular complexity index is 469. The van der Waals surface area contributed by atoms with Crippen LogP contribution in [0, 0.1) is 10.1 Å². The number of aldehydes is 1. The molecule has 0 aromatic carbocycles. The minimum absolute atomic E-state index is 0.0241. The number of carbonyl (C=O) groups excluding carboxylic acids is 1. The van der Waals surface area contributed by atoms with Crippen molar-refractivity contribution in [1.29, 1.82) is 0 Å². The summed E-state index contributed by atoms with van der Waals surface area (Å²) in [6, 6.07) is 0.593. The first-order chi connectivity index (χ1) is 6.97. The Labute approximate surface area is 80.7 Å². The lowest BCUT2D eigenvalue weighted by Crippen LogP contribution is -2.17. The van der Waals surface area contributed by atoms with Gasteiger partial charge in [0, 0.05) is 11.6 Å². The summed E-state index contributed by atoms with van der Waals surface area (Å²) in [5, 5.41) is 10.2. The molecule has 0 spiro atoms. The highest BCUT2D eigenvalue weighted by Crippen LogP contribution is 2.19. The summed E-state index contributed by atoms with van der Waals surface area (Å²) in [5.41, 5.74) is -3.07. The summed E-state index contributed by atoms with van der Waals surface area (Å²) in [5.74, 6) is -0.800. The summed E-state index contributed by atoms with van der Waals surface area (Å²) in [7, 11) is 0. The van der Waals surface area contributed by atoms with Gasteiger partial charge >= 0.3 is 11.4 Å². The zero-order valence-corrected chi connectivity index (χ0v) is 7.07. The highest BCUT2D eigenvalue weighted by molar-refractivity contribution is 5.78. The second-order valence-electron chi connectivity index (χ2n) is 2.53. The maximum absolute atomic E-state index is 12.3. The number of nitro groups is 1. The van der Waals surface area contributed by atoms with Gasteiger partial charge in [0.1, 0.15) is 5.56 Å². The molecule has 80 valence electrons. The topological polar surface area (TPSA) is 93.1 Å². The smallest absolute Gasteiger partial charge is 0.341 e. The fourth-order valence-electron chi connectivity index (χ4n) is 0.997. The first-order valence-electron chi connectivity index (χ1n) is 3.62. The van der Waals surface area contributed by atoms with E-state index in [2.05, 4.69) is 0 Å². The van der Waals surface area contributed by atoms with E-state index in [0.29, 0.717) is 6.07 Å². The van der Waals surface area contributed by atoms with Gasteiger partial charge in [-0.25, -0.2) is 18.6 Å². The number of hydrogen-bond acceptors (Lipinski definition) is 4. The molecule has 15 heavy (non-hydrogen) atoms. The van der Waals surface area contributed by atoms with E-state index in [1.165, 1.54) is 0 Å². The molecule has 0 amide bonds. The molecule has 0 saturated carbocycles. The van der Waals surface area contributed by atoms with Crippen LogP contribution in [0.4, 0.5) is 14.6 Å². The van der Waals surface area contributed by atoms with Crippen molar-refractivity contribution in [2.24, 2.45) is 0 Å². The van der Waals surface area contributed by atoms with Crippen molar-refractivity contribution in [2.75, 3.05) is 0 Å². The third-order valence-electron chi connectivity index (χ3n) is 1.63. The van der Waals surface area contributed by atoms with Crippen LogP contribution in [0.1, 0.15) is 22.3 Å². The summed E-state index contributed by atoms with van der Waals surface area (Å²) in [6.45, 7) is 0. The number of aromatic amines is 1. The fraction of sp³-hybridized carbons (Fsp3) is 0.143. The molecule has 0 saturated heterocycles. The second kappa shape index (κ2) is 3.95.